The van der Waals surface area contributed by atoms with Gasteiger partial charge in [-0.3, -0.25) is 4.98 Å². The first-order valence-electron chi connectivity index (χ1n) is 6.82. The maximum atomic E-state index is 6.27. The molecule has 0 aliphatic carbocycles. The molecule has 1 saturated heterocycles. The molecular weight excluding hydrogens is 283 g/mol. The van der Waals surface area contributed by atoms with Crippen molar-refractivity contribution >= 4 is 23.2 Å². The number of hydrogen-bond donors (Lipinski definition) is 1. The minimum Gasteiger partial charge on any atom is -0.381 e. The number of pyridine rings is 1. The molecule has 0 amide bonds. The summed E-state index contributed by atoms with van der Waals surface area (Å²) in [6.45, 7) is 4.73. The lowest BCUT2D eigenvalue weighted by atomic mass is 9.91. The molecule has 1 fully saturated rings. The molecule has 2 rings (SSSR count). The highest BCUT2D eigenvalue weighted by molar-refractivity contribution is 6.34. The SMILES string of the molecule is CCNC(CC1CCOCC1)c1ncc(Cl)cc1Cl. The monoisotopic (exact) mass is 302 g/mol. The van der Waals surface area contributed by atoms with Crippen LogP contribution in [0.1, 0.15) is 37.9 Å². The molecule has 2 heterocycles. The van der Waals surface area contributed by atoms with Crippen LogP contribution in [0, 0.1) is 5.92 Å². The number of ether oxygens (including phenoxy) is 1. The van der Waals surface area contributed by atoms with Crippen LogP contribution in [0.25, 0.3) is 0 Å². The first kappa shape index (κ1) is 15.0. The van der Waals surface area contributed by atoms with Crippen molar-refractivity contribution in [2.75, 3.05) is 19.8 Å². The zero-order valence-electron chi connectivity index (χ0n) is 11.2. The summed E-state index contributed by atoms with van der Waals surface area (Å²) in [5, 5.41) is 4.70. The molecule has 1 atom stereocenters. The Kier molecular flexibility index (Phi) is 5.89. The number of aromatic nitrogens is 1. The van der Waals surface area contributed by atoms with Crippen LogP contribution in [0.15, 0.2) is 12.3 Å². The van der Waals surface area contributed by atoms with Gasteiger partial charge in [-0.05, 0) is 37.8 Å². The number of nitrogens with one attached hydrogen (secondary N) is 1. The maximum Gasteiger partial charge on any atom is 0.0760 e. The Bertz CT molecular complexity index is 408. The van der Waals surface area contributed by atoms with E-state index in [1.165, 1.54) is 0 Å². The van der Waals surface area contributed by atoms with Gasteiger partial charge in [0, 0.05) is 19.4 Å². The lowest BCUT2D eigenvalue weighted by Gasteiger charge is -2.27. The van der Waals surface area contributed by atoms with Gasteiger partial charge in [-0.1, -0.05) is 30.1 Å². The fourth-order valence-electron chi connectivity index (χ4n) is 2.54. The molecular formula is C14H20Cl2N2O. The summed E-state index contributed by atoms with van der Waals surface area (Å²) in [5.74, 6) is 0.673. The number of rotatable bonds is 5. The highest BCUT2D eigenvalue weighted by Gasteiger charge is 2.22. The fraction of sp³-hybridized carbons (Fsp3) is 0.643. The van der Waals surface area contributed by atoms with Gasteiger partial charge in [-0.15, -0.1) is 0 Å². The van der Waals surface area contributed by atoms with Crippen molar-refractivity contribution in [2.24, 2.45) is 5.92 Å². The third-order valence-corrected chi connectivity index (χ3v) is 4.04. The van der Waals surface area contributed by atoms with Crippen LogP contribution in [0.3, 0.4) is 0 Å². The summed E-state index contributed by atoms with van der Waals surface area (Å²) < 4.78 is 5.41. The average molecular weight is 303 g/mol. The smallest absolute Gasteiger partial charge is 0.0760 e. The predicted octanol–water partition coefficient (Wildman–Crippen LogP) is 3.86. The topological polar surface area (TPSA) is 34.1 Å². The molecule has 5 heteroatoms. The summed E-state index contributed by atoms with van der Waals surface area (Å²) in [4.78, 5) is 4.40. The highest BCUT2D eigenvalue weighted by atomic mass is 35.5. The Labute approximate surface area is 124 Å². The van der Waals surface area contributed by atoms with E-state index in [9.17, 15) is 0 Å². The summed E-state index contributed by atoms with van der Waals surface area (Å²) >= 11 is 12.2. The van der Waals surface area contributed by atoms with Gasteiger partial charge in [0.05, 0.1) is 21.8 Å². The van der Waals surface area contributed by atoms with Crippen molar-refractivity contribution in [2.45, 2.75) is 32.2 Å². The van der Waals surface area contributed by atoms with E-state index in [1.807, 2.05) is 0 Å². The number of hydrogen-bond acceptors (Lipinski definition) is 3. The summed E-state index contributed by atoms with van der Waals surface area (Å²) in [7, 11) is 0. The molecule has 0 bridgehead atoms. The van der Waals surface area contributed by atoms with Gasteiger partial charge in [0.15, 0.2) is 0 Å². The lowest BCUT2D eigenvalue weighted by molar-refractivity contribution is 0.0604. The van der Waals surface area contributed by atoms with E-state index in [-0.39, 0.29) is 6.04 Å². The van der Waals surface area contributed by atoms with Crippen molar-refractivity contribution in [1.82, 2.24) is 10.3 Å². The van der Waals surface area contributed by atoms with Crippen LogP contribution >= 0.6 is 23.2 Å². The van der Waals surface area contributed by atoms with E-state index in [0.717, 1.165) is 44.7 Å². The molecule has 1 aromatic heterocycles. The second-order valence-corrected chi connectivity index (χ2v) is 5.77. The van der Waals surface area contributed by atoms with Crippen LogP contribution < -0.4 is 5.32 Å². The third-order valence-electron chi connectivity index (χ3n) is 3.53. The van der Waals surface area contributed by atoms with E-state index >= 15 is 0 Å². The molecule has 0 spiro atoms. The van der Waals surface area contributed by atoms with Crippen molar-refractivity contribution < 1.29 is 4.74 Å². The van der Waals surface area contributed by atoms with Crippen LogP contribution in [0.2, 0.25) is 10.0 Å². The number of halogens is 2. The maximum absolute atomic E-state index is 6.27. The molecule has 1 N–H and O–H groups in total. The van der Waals surface area contributed by atoms with Crippen LogP contribution in [-0.2, 0) is 4.74 Å². The standard InChI is InChI=1S/C14H20Cl2N2O/c1-2-17-13(7-10-3-5-19-6-4-10)14-12(16)8-11(15)9-18-14/h8-10,13,17H,2-7H2,1H3. The van der Waals surface area contributed by atoms with Gasteiger partial charge in [-0.25, -0.2) is 0 Å². The molecule has 1 unspecified atom stereocenters. The van der Waals surface area contributed by atoms with Crippen molar-refractivity contribution in [3.05, 3.63) is 28.0 Å². The van der Waals surface area contributed by atoms with Crippen molar-refractivity contribution in [1.29, 1.82) is 0 Å². The Hall–Kier alpha value is -0.350. The second kappa shape index (κ2) is 7.44. The normalized spacial score (nSPS) is 18.5. The minimum absolute atomic E-state index is 0.192. The zero-order chi connectivity index (χ0) is 13.7. The summed E-state index contributed by atoms with van der Waals surface area (Å²) in [6.07, 6.45) is 4.95. The molecule has 0 radical (unpaired) electrons. The van der Waals surface area contributed by atoms with E-state index in [2.05, 4.69) is 17.2 Å². The van der Waals surface area contributed by atoms with Gasteiger partial charge in [-0.2, -0.15) is 0 Å². The lowest BCUT2D eigenvalue weighted by Crippen LogP contribution is -2.27. The molecule has 19 heavy (non-hydrogen) atoms. The number of nitrogens with zero attached hydrogens (tertiary/aromatic N) is 1. The summed E-state index contributed by atoms with van der Waals surface area (Å²) in [5.41, 5.74) is 0.902. The first-order valence-corrected chi connectivity index (χ1v) is 7.58. The van der Waals surface area contributed by atoms with E-state index in [4.69, 9.17) is 27.9 Å². The molecule has 106 valence electrons. The van der Waals surface area contributed by atoms with E-state index in [1.54, 1.807) is 12.3 Å². The Morgan fingerprint density at radius 1 is 1.42 bits per heavy atom. The molecule has 3 nitrogen and oxygen atoms in total. The second-order valence-electron chi connectivity index (χ2n) is 4.92. The molecule has 1 aromatic rings. The first-order chi connectivity index (χ1) is 9.20. The molecule has 0 saturated carbocycles. The van der Waals surface area contributed by atoms with Gasteiger partial charge in [0.2, 0.25) is 0 Å². The van der Waals surface area contributed by atoms with Crippen molar-refractivity contribution in [3.63, 3.8) is 0 Å². The minimum atomic E-state index is 0.192. The Balaban J connectivity index is 2.09. The molecule has 1 aliphatic rings. The molecule has 0 aromatic carbocycles. The van der Waals surface area contributed by atoms with Gasteiger partial charge in [0.25, 0.3) is 0 Å². The fourth-order valence-corrected chi connectivity index (χ4v) is 3.05. The Morgan fingerprint density at radius 2 is 2.16 bits per heavy atom. The van der Waals surface area contributed by atoms with Crippen molar-refractivity contribution in [3.8, 4) is 0 Å². The zero-order valence-corrected chi connectivity index (χ0v) is 12.7. The van der Waals surface area contributed by atoms with Crippen LogP contribution in [0.4, 0.5) is 0 Å². The quantitative estimate of drug-likeness (QED) is 0.897. The predicted molar refractivity (Wildman–Crippen MR) is 78.8 cm³/mol. The third kappa shape index (κ3) is 4.32. The Morgan fingerprint density at radius 3 is 2.79 bits per heavy atom. The largest absolute Gasteiger partial charge is 0.381 e. The molecule has 1 aliphatic heterocycles. The average Bonchev–Trinajstić information content (AvgIpc) is 2.39. The van der Waals surface area contributed by atoms with E-state index < -0.39 is 0 Å². The van der Waals surface area contributed by atoms with Gasteiger partial charge >= 0.3 is 0 Å². The van der Waals surface area contributed by atoms with E-state index in [0.29, 0.717) is 16.0 Å². The summed E-state index contributed by atoms with van der Waals surface area (Å²) in [6, 6.07) is 1.96. The van der Waals surface area contributed by atoms with Crippen LogP contribution in [-0.4, -0.2) is 24.7 Å². The van der Waals surface area contributed by atoms with Crippen LogP contribution in [0.5, 0.6) is 0 Å². The van der Waals surface area contributed by atoms with Gasteiger partial charge < -0.3 is 10.1 Å². The highest BCUT2D eigenvalue weighted by Crippen LogP contribution is 2.31. The van der Waals surface area contributed by atoms with Gasteiger partial charge in [0.1, 0.15) is 0 Å².